The summed E-state index contributed by atoms with van der Waals surface area (Å²) in [5.41, 5.74) is 1.97. The number of hydrogen-bond acceptors (Lipinski definition) is 3. The van der Waals surface area contributed by atoms with Gasteiger partial charge in [-0.3, -0.25) is 4.79 Å². The van der Waals surface area contributed by atoms with Crippen molar-refractivity contribution >= 4 is 17.7 Å². The van der Waals surface area contributed by atoms with Crippen LogP contribution in [-0.4, -0.2) is 44.6 Å². The summed E-state index contributed by atoms with van der Waals surface area (Å²) in [6, 6.07) is 8.27. The van der Waals surface area contributed by atoms with Gasteiger partial charge in [-0.05, 0) is 36.5 Å². The molecule has 0 bridgehead atoms. The fraction of sp³-hybridized carbons (Fsp3) is 0.500. The lowest BCUT2D eigenvalue weighted by atomic mass is 9.88. The van der Waals surface area contributed by atoms with E-state index in [1.54, 1.807) is 6.20 Å². The van der Waals surface area contributed by atoms with Crippen LogP contribution in [0.15, 0.2) is 43.0 Å². The van der Waals surface area contributed by atoms with E-state index in [1.807, 2.05) is 24.7 Å². The van der Waals surface area contributed by atoms with E-state index < -0.39 is 6.09 Å². The zero-order chi connectivity index (χ0) is 20.8. The van der Waals surface area contributed by atoms with Gasteiger partial charge in [0.25, 0.3) is 0 Å². The van der Waals surface area contributed by atoms with E-state index in [2.05, 4.69) is 40.8 Å². The maximum absolute atomic E-state index is 12.6. The highest BCUT2D eigenvalue weighted by molar-refractivity contribution is 5.92. The number of imidazole rings is 1. The van der Waals surface area contributed by atoms with E-state index in [1.165, 1.54) is 10.5 Å². The Morgan fingerprint density at radius 2 is 1.83 bits per heavy atom. The van der Waals surface area contributed by atoms with Gasteiger partial charge in [-0.15, -0.1) is 0 Å². The Balaban J connectivity index is 1.66. The van der Waals surface area contributed by atoms with Gasteiger partial charge in [0.2, 0.25) is 5.91 Å². The summed E-state index contributed by atoms with van der Waals surface area (Å²) in [4.78, 5) is 29.1. The summed E-state index contributed by atoms with van der Waals surface area (Å²) >= 11 is 0. The van der Waals surface area contributed by atoms with Gasteiger partial charge in [-0.2, -0.15) is 0 Å². The number of anilines is 1. The second-order valence-electron chi connectivity index (χ2n) is 7.69. The molecular weight excluding hydrogens is 368 g/mol. The highest BCUT2D eigenvalue weighted by Gasteiger charge is 2.27. The molecule has 1 saturated heterocycles. The Bertz CT molecular complexity index is 792. The van der Waals surface area contributed by atoms with Crippen LogP contribution < -0.4 is 5.32 Å². The number of carboxylic acid groups (broad SMARTS) is 1. The summed E-state index contributed by atoms with van der Waals surface area (Å²) in [5, 5.41) is 12.0. The van der Waals surface area contributed by atoms with Crippen molar-refractivity contribution in [3.63, 3.8) is 0 Å². The van der Waals surface area contributed by atoms with Gasteiger partial charge >= 0.3 is 6.09 Å². The molecule has 1 aromatic heterocycles. The molecule has 1 fully saturated rings. The molecule has 2 amide bonds. The van der Waals surface area contributed by atoms with Crippen molar-refractivity contribution in [1.29, 1.82) is 0 Å². The average molecular weight is 399 g/mol. The number of aromatic nitrogens is 2. The monoisotopic (exact) mass is 398 g/mol. The Morgan fingerprint density at radius 3 is 2.34 bits per heavy atom. The number of rotatable bonds is 7. The Labute approximate surface area is 171 Å². The number of nitrogens with zero attached hydrogens (tertiary/aromatic N) is 3. The quantitative estimate of drug-likeness (QED) is 0.730. The first kappa shape index (κ1) is 20.9. The number of hydrogen-bond donors (Lipinski definition) is 2. The van der Waals surface area contributed by atoms with Crippen LogP contribution in [-0.2, 0) is 4.79 Å². The SMILES string of the molecule is CCC(CC)C(c1ccc(NC(=O)C2CCN(C(=O)O)CC2)cc1)n1ccnc1. The van der Waals surface area contributed by atoms with E-state index in [0.717, 1.165) is 18.5 Å². The van der Waals surface area contributed by atoms with Crippen LogP contribution in [0.2, 0.25) is 0 Å². The maximum Gasteiger partial charge on any atom is 0.407 e. The second kappa shape index (κ2) is 9.58. The molecule has 1 unspecified atom stereocenters. The average Bonchev–Trinajstić information content (AvgIpc) is 3.27. The topological polar surface area (TPSA) is 87.5 Å². The first-order valence-corrected chi connectivity index (χ1v) is 10.4. The van der Waals surface area contributed by atoms with E-state index in [4.69, 9.17) is 5.11 Å². The zero-order valence-electron chi connectivity index (χ0n) is 17.1. The van der Waals surface area contributed by atoms with Gasteiger partial charge in [-0.1, -0.05) is 38.8 Å². The maximum atomic E-state index is 12.6. The van der Waals surface area contributed by atoms with Gasteiger partial charge in [-0.25, -0.2) is 9.78 Å². The number of carbonyl (C=O) groups excluding carboxylic acids is 1. The first-order valence-electron chi connectivity index (χ1n) is 10.4. The minimum absolute atomic E-state index is 0.0334. The predicted molar refractivity (Wildman–Crippen MR) is 112 cm³/mol. The van der Waals surface area contributed by atoms with Crippen LogP contribution >= 0.6 is 0 Å². The zero-order valence-corrected chi connectivity index (χ0v) is 17.1. The molecule has 2 N–H and O–H groups in total. The largest absolute Gasteiger partial charge is 0.465 e. The van der Waals surface area contributed by atoms with E-state index in [9.17, 15) is 9.59 Å². The minimum atomic E-state index is -0.913. The van der Waals surface area contributed by atoms with Crippen LogP contribution in [0.1, 0.15) is 51.1 Å². The number of piperidine rings is 1. The predicted octanol–water partition coefficient (Wildman–Crippen LogP) is 4.24. The van der Waals surface area contributed by atoms with E-state index in [-0.39, 0.29) is 17.9 Å². The van der Waals surface area contributed by atoms with Crippen molar-refractivity contribution in [1.82, 2.24) is 14.5 Å². The van der Waals surface area contributed by atoms with Gasteiger partial charge < -0.3 is 19.9 Å². The summed E-state index contributed by atoms with van der Waals surface area (Å²) in [7, 11) is 0. The number of carbonyl (C=O) groups is 2. The van der Waals surface area contributed by atoms with Crippen molar-refractivity contribution in [3.8, 4) is 0 Å². The molecule has 7 heteroatoms. The molecule has 29 heavy (non-hydrogen) atoms. The molecule has 0 saturated carbocycles. The fourth-order valence-electron chi connectivity index (χ4n) is 4.20. The molecular formula is C22H30N4O3. The number of nitrogens with one attached hydrogen (secondary N) is 1. The molecule has 2 heterocycles. The molecule has 3 rings (SSSR count). The summed E-state index contributed by atoms with van der Waals surface area (Å²) < 4.78 is 2.15. The highest BCUT2D eigenvalue weighted by Crippen LogP contribution is 2.32. The van der Waals surface area contributed by atoms with Crippen LogP contribution in [0.3, 0.4) is 0 Å². The molecule has 0 radical (unpaired) electrons. The molecule has 1 aliphatic heterocycles. The summed E-state index contributed by atoms with van der Waals surface area (Å²) in [5.74, 6) is 0.325. The molecule has 1 aromatic carbocycles. The van der Waals surface area contributed by atoms with Crippen molar-refractivity contribution in [2.75, 3.05) is 18.4 Å². The lowest BCUT2D eigenvalue weighted by molar-refractivity contribution is -0.121. The van der Waals surface area contributed by atoms with Crippen LogP contribution in [0, 0.1) is 11.8 Å². The normalized spacial score (nSPS) is 16.0. The number of amides is 2. The third-order valence-electron chi connectivity index (χ3n) is 6.00. The van der Waals surface area contributed by atoms with Crippen LogP contribution in [0.5, 0.6) is 0 Å². The lowest BCUT2D eigenvalue weighted by Crippen LogP contribution is -2.40. The van der Waals surface area contributed by atoms with Crippen molar-refractivity contribution in [3.05, 3.63) is 48.5 Å². The van der Waals surface area contributed by atoms with Crippen molar-refractivity contribution in [2.24, 2.45) is 11.8 Å². The first-order chi connectivity index (χ1) is 14.0. The second-order valence-corrected chi connectivity index (χ2v) is 7.69. The molecule has 7 nitrogen and oxygen atoms in total. The standard InChI is InChI=1S/C22H30N4O3/c1-3-16(4-2)20(26-14-11-23-15-26)17-5-7-19(8-6-17)24-21(27)18-9-12-25(13-10-18)22(28)29/h5-8,11,14-16,18,20H,3-4,9-10,12-13H2,1-2H3,(H,24,27)(H,28,29). The van der Waals surface area contributed by atoms with Crippen molar-refractivity contribution < 1.29 is 14.7 Å². The Morgan fingerprint density at radius 1 is 1.17 bits per heavy atom. The third-order valence-corrected chi connectivity index (χ3v) is 6.00. The van der Waals surface area contributed by atoms with E-state index in [0.29, 0.717) is 31.8 Å². The van der Waals surface area contributed by atoms with Crippen LogP contribution in [0.4, 0.5) is 10.5 Å². The smallest absolute Gasteiger partial charge is 0.407 e. The van der Waals surface area contributed by atoms with E-state index >= 15 is 0 Å². The molecule has 1 aliphatic rings. The van der Waals surface area contributed by atoms with Gasteiger partial charge in [0, 0.05) is 37.1 Å². The molecule has 2 aromatic rings. The molecule has 0 spiro atoms. The molecule has 1 atom stereocenters. The highest BCUT2D eigenvalue weighted by atomic mass is 16.4. The third kappa shape index (κ3) is 4.96. The van der Waals surface area contributed by atoms with Crippen molar-refractivity contribution in [2.45, 2.75) is 45.6 Å². The number of benzene rings is 1. The van der Waals surface area contributed by atoms with Gasteiger partial charge in [0.05, 0.1) is 12.4 Å². The fourth-order valence-corrected chi connectivity index (χ4v) is 4.20. The lowest BCUT2D eigenvalue weighted by Gasteiger charge is -2.29. The molecule has 156 valence electrons. The minimum Gasteiger partial charge on any atom is -0.465 e. The van der Waals surface area contributed by atoms with Crippen LogP contribution in [0.25, 0.3) is 0 Å². The van der Waals surface area contributed by atoms with Gasteiger partial charge in [0.15, 0.2) is 0 Å². The number of likely N-dealkylation sites (tertiary alicyclic amines) is 1. The molecule has 0 aliphatic carbocycles. The summed E-state index contributed by atoms with van der Waals surface area (Å²) in [6.45, 7) is 5.24. The van der Waals surface area contributed by atoms with Gasteiger partial charge in [0.1, 0.15) is 0 Å². The summed E-state index contributed by atoms with van der Waals surface area (Å²) in [6.07, 6.45) is 8.04. The Hall–Kier alpha value is -2.83. The Kier molecular flexibility index (Phi) is 6.90.